The highest BCUT2D eigenvalue weighted by Gasteiger charge is 2.24. The maximum Gasteiger partial charge on any atom is 0.251 e. The van der Waals surface area contributed by atoms with Crippen LogP contribution in [0.4, 0.5) is 5.69 Å². The van der Waals surface area contributed by atoms with Crippen LogP contribution in [0.2, 0.25) is 0 Å². The minimum absolute atomic E-state index is 0.0579. The lowest BCUT2D eigenvalue weighted by atomic mass is 10.0. The zero-order valence-electron chi connectivity index (χ0n) is 9.69. The summed E-state index contributed by atoms with van der Waals surface area (Å²) < 4.78 is 0. The highest BCUT2D eigenvalue weighted by molar-refractivity contribution is 9.09. The van der Waals surface area contributed by atoms with E-state index in [1.165, 1.54) is 10.6 Å². The molecule has 1 amide bonds. The summed E-state index contributed by atoms with van der Waals surface area (Å²) in [5, 5.41) is 2.44. The Morgan fingerprint density at radius 3 is 2.88 bits per heavy atom. The molecule has 0 atom stereocenters. The van der Waals surface area contributed by atoms with Crippen molar-refractivity contribution in [1.29, 1.82) is 0 Å². The molecule has 17 heavy (non-hydrogen) atoms. The van der Waals surface area contributed by atoms with Gasteiger partial charge in [-0.2, -0.15) is 5.06 Å². The van der Waals surface area contributed by atoms with E-state index in [4.69, 9.17) is 4.84 Å². The third kappa shape index (κ3) is 3.07. The number of halogens is 1. The van der Waals surface area contributed by atoms with E-state index < -0.39 is 0 Å². The minimum Gasteiger partial charge on any atom is -0.272 e. The molecule has 0 aromatic heterocycles. The first kappa shape index (κ1) is 12.6. The topological polar surface area (TPSA) is 29.5 Å². The molecule has 0 spiro atoms. The van der Waals surface area contributed by atoms with E-state index in [9.17, 15) is 4.79 Å². The number of amides is 1. The number of nitrogens with zero attached hydrogens (tertiary/aromatic N) is 1. The summed E-state index contributed by atoms with van der Waals surface area (Å²) in [4.78, 5) is 17.4. The summed E-state index contributed by atoms with van der Waals surface area (Å²) in [6, 6.07) is 7.93. The van der Waals surface area contributed by atoms with Gasteiger partial charge in [0.15, 0.2) is 0 Å². The average Bonchev–Trinajstić information content (AvgIpc) is 2.37. The molecule has 0 fully saturated rings. The van der Waals surface area contributed by atoms with Crippen LogP contribution in [0.3, 0.4) is 0 Å². The second-order valence-corrected chi connectivity index (χ2v) is 4.84. The highest BCUT2D eigenvalue weighted by Crippen LogP contribution is 2.27. The Balaban J connectivity index is 2.02. The zero-order chi connectivity index (χ0) is 12.1. The zero-order valence-corrected chi connectivity index (χ0v) is 11.3. The number of benzene rings is 1. The third-order valence-electron chi connectivity index (χ3n) is 2.79. The summed E-state index contributed by atoms with van der Waals surface area (Å²) in [6.07, 6.45) is 3.37. The van der Waals surface area contributed by atoms with Crippen LogP contribution in [0.1, 0.15) is 24.8 Å². The van der Waals surface area contributed by atoms with Crippen LogP contribution < -0.4 is 5.06 Å². The molecule has 0 N–H and O–H groups in total. The SMILES string of the molecule is O=C1CCc2ccccc2N1OCCCCBr. The normalized spacial score (nSPS) is 14.9. The fraction of sp³-hybridized carbons (Fsp3) is 0.462. The maximum absolute atomic E-state index is 11.8. The third-order valence-corrected chi connectivity index (χ3v) is 3.35. The molecule has 0 radical (unpaired) electrons. The lowest BCUT2D eigenvalue weighted by Crippen LogP contribution is -2.35. The lowest BCUT2D eigenvalue weighted by molar-refractivity contribution is -0.126. The molecule has 3 nitrogen and oxygen atoms in total. The lowest BCUT2D eigenvalue weighted by Gasteiger charge is -2.28. The molecule has 0 aliphatic carbocycles. The van der Waals surface area contributed by atoms with Crippen molar-refractivity contribution in [2.45, 2.75) is 25.7 Å². The largest absolute Gasteiger partial charge is 0.272 e. The Bertz CT molecular complexity index is 395. The van der Waals surface area contributed by atoms with Crippen molar-refractivity contribution >= 4 is 27.5 Å². The Hall–Kier alpha value is -0.870. The molecule has 1 heterocycles. The van der Waals surface area contributed by atoms with Gasteiger partial charge >= 0.3 is 0 Å². The van der Waals surface area contributed by atoms with Crippen LogP contribution in [0.5, 0.6) is 0 Å². The number of aryl methyl sites for hydroxylation is 1. The number of hydrogen-bond acceptors (Lipinski definition) is 2. The van der Waals surface area contributed by atoms with Gasteiger partial charge in [-0.15, -0.1) is 0 Å². The van der Waals surface area contributed by atoms with Crippen LogP contribution in [-0.2, 0) is 16.1 Å². The standard InChI is InChI=1S/C13H16BrNO2/c14-9-3-4-10-17-15-12-6-2-1-5-11(12)7-8-13(15)16/h1-2,5-6H,3-4,7-10H2. The first-order chi connectivity index (χ1) is 8.33. The van der Waals surface area contributed by atoms with E-state index in [-0.39, 0.29) is 5.91 Å². The number of anilines is 1. The molecule has 4 heteroatoms. The van der Waals surface area contributed by atoms with E-state index in [2.05, 4.69) is 22.0 Å². The second kappa shape index (κ2) is 6.17. The smallest absolute Gasteiger partial charge is 0.251 e. The van der Waals surface area contributed by atoms with Gasteiger partial charge in [0.1, 0.15) is 0 Å². The van der Waals surface area contributed by atoms with E-state index in [1.807, 2.05) is 18.2 Å². The molecular formula is C13H16BrNO2. The van der Waals surface area contributed by atoms with Gasteiger partial charge < -0.3 is 0 Å². The second-order valence-electron chi connectivity index (χ2n) is 4.05. The van der Waals surface area contributed by atoms with Gasteiger partial charge in [0.05, 0.1) is 12.3 Å². The number of carbonyl (C=O) groups excluding carboxylic acids is 1. The number of hydroxylamine groups is 1. The van der Waals surface area contributed by atoms with E-state index >= 15 is 0 Å². The summed E-state index contributed by atoms with van der Waals surface area (Å²) in [6.45, 7) is 0.589. The Morgan fingerprint density at radius 1 is 1.24 bits per heavy atom. The molecular weight excluding hydrogens is 282 g/mol. The number of alkyl halides is 1. The number of hydrogen-bond donors (Lipinski definition) is 0. The Kier molecular flexibility index (Phi) is 4.57. The van der Waals surface area contributed by atoms with Crippen LogP contribution >= 0.6 is 15.9 Å². The number of fused-ring (bicyclic) bond motifs is 1. The molecule has 1 aromatic rings. The molecule has 1 aliphatic rings. The molecule has 0 unspecified atom stereocenters. The van der Waals surface area contributed by atoms with E-state index in [1.54, 1.807) is 0 Å². The molecule has 2 rings (SSSR count). The molecule has 1 aromatic carbocycles. The van der Waals surface area contributed by atoms with Crippen LogP contribution in [0, 0.1) is 0 Å². The molecule has 0 saturated heterocycles. The summed E-state index contributed by atoms with van der Waals surface area (Å²) in [5.74, 6) is 0.0579. The van der Waals surface area contributed by atoms with E-state index in [0.29, 0.717) is 13.0 Å². The van der Waals surface area contributed by atoms with Gasteiger partial charge in [-0.1, -0.05) is 34.1 Å². The van der Waals surface area contributed by atoms with Crippen molar-refractivity contribution < 1.29 is 9.63 Å². The van der Waals surface area contributed by atoms with Crippen molar-refractivity contribution in [2.24, 2.45) is 0 Å². The summed E-state index contributed by atoms with van der Waals surface area (Å²) in [5.41, 5.74) is 2.09. The van der Waals surface area contributed by atoms with Crippen molar-refractivity contribution in [1.82, 2.24) is 0 Å². The highest BCUT2D eigenvalue weighted by atomic mass is 79.9. The predicted molar refractivity (Wildman–Crippen MR) is 71.2 cm³/mol. The van der Waals surface area contributed by atoms with E-state index in [0.717, 1.165) is 30.3 Å². The fourth-order valence-corrected chi connectivity index (χ4v) is 2.29. The summed E-state index contributed by atoms with van der Waals surface area (Å²) >= 11 is 3.38. The Labute approximate surface area is 110 Å². The van der Waals surface area contributed by atoms with Gasteiger partial charge in [0, 0.05) is 11.8 Å². The average molecular weight is 298 g/mol. The number of rotatable bonds is 5. The number of para-hydroxylation sites is 1. The monoisotopic (exact) mass is 297 g/mol. The fourth-order valence-electron chi connectivity index (χ4n) is 1.89. The predicted octanol–water partition coefficient (Wildman–Crippen LogP) is 3.07. The first-order valence-corrected chi connectivity index (χ1v) is 7.05. The minimum atomic E-state index is 0.0579. The maximum atomic E-state index is 11.8. The van der Waals surface area contributed by atoms with Crippen LogP contribution in [0.25, 0.3) is 0 Å². The van der Waals surface area contributed by atoms with Crippen molar-refractivity contribution in [2.75, 3.05) is 17.0 Å². The molecule has 0 saturated carbocycles. The number of unbranched alkanes of at least 4 members (excludes halogenated alkanes) is 1. The summed E-state index contributed by atoms with van der Waals surface area (Å²) in [7, 11) is 0. The van der Waals surface area contributed by atoms with Gasteiger partial charge in [-0.25, -0.2) is 0 Å². The van der Waals surface area contributed by atoms with Crippen LogP contribution in [-0.4, -0.2) is 17.8 Å². The Morgan fingerprint density at radius 2 is 2.06 bits per heavy atom. The van der Waals surface area contributed by atoms with Gasteiger partial charge in [-0.05, 0) is 30.9 Å². The quantitative estimate of drug-likeness (QED) is 0.617. The molecule has 0 bridgehead atoms. The number of carbonyl (C=O) groups is 1. The van der Waals surface area contributed by atoms with Gasteiger partial charge in [-0.3, -0.25) is 9.63 Å². The van der Waals surface area contributed by atoms with Crippen molar-refractivity contribution in [3.8, 4) is 0 Å². The van der Waals surface area contributed by atoms with Gasteiger partial charge in [0.25, 0.3) is 5.91 Å². The van der Waals surface area contributed by atoms with Gasteiger partial charge in [0.2, 0.25) is 0 Å². The first-order valence-electron chi connectivity index (χ1n) is 5.92. The molecule has 1 aliphatic heterocycles. The molecule has 92 valence electrons. The van der Waals surface area contributed by atoms with Crippen molar-refractivity contribution in [3.63, 3.8) is 0 Å². The van der Waals surface area contributed by atoms with Crippen LogP contribution in [0.15, 0.2) is 24.3 Å². The van der Waals surface area contributed by atoms with Crippen molar-refractivity contribution in [3.05, 3.63) is 29.8 Å².